The molecule has 0 spiro atoms. The van der Waals surface area contributed by atoms with Gasteiger partial charge in [-0.15, -0.1) is 0 Å². The van der Waals surface area contributed by atoms with E-state index < -0.39 is 10.9 Å². The third-order valence-corrected chi connectivity index (χ3v) is 3.38. The first-order valence-corrected chi connectivity index (χ1v) is 6.36. The molecule has 0 aliphatic carbocycles. The van der Waals surface area contributed by atoms with Crippen LogP contribution < -0.4 is 4.90 Å². The number of anilines is 1. The van der Waals surface area contributed by atoms with Crippen molar-refractivity contribution in [2.45, 2.75) is 25.7 Å². The fourth-order valence-corrected chi connectivity index (χ4v) is 2.38. The van der Waals surface area contributed by atoms with Gasteiger partial charge < -0.3 is 10.0 Å². The van der Waals surface area contributed by atoms with Crippen LogP contribution in [0, 0.1) is 10.1 Å². The highest BCUT2D eigenvalue weighted by Crippen LogP contribution is 2.27. The third-order valence-electron chi connectivity index (χ3n) is 3.38. The number of carboxylic acid groups (broad SMARTS) is 1. The largest absolute Gasteiger partial charge is 0.477 e. The van der Waals surface area contributed by atoms with Gasteiger partial charge in [-0.3, -0.25) is 10.1 Å². The fourth-order valence-electron chi connectivity index (χ4n) is 2.38. The number of aromatic carboxylic acids is 1. The number of hydrogen-bond donors (Lipinski definition) is 1. The van der Waals surface area contributed by atoms with Crippen LogP contribution in [-0.4, -0.2) is 29.1 Å². The minimum Gasteiger partial charge on any atom is -0.477 e. The van der Waals surface area contributed by atoms with Crippen molar-refractivity contribution >= 4 is 17.3 Å². The Morgan fingerprint density at radius 2 is 1.84 bits per heavy atom. The van der Waals surface area contributed by atoms with Crippen molar-refractivity contribution in [1.82, 2.24) is 0 Å². The maximum absolute atomic E-state index is 11.0. The number of nitro groups is 1. The van der Waals surface area contributed by atoms with Gasteiger partial charge in [0.15, 0.2) is 0 Å². The average Bonchev–Trinajstić information content (AvgIpc) is 2.66. The summed E-state index contributed by atoms with van der Waals surface area (Å²) in [7, 11) is 0. The monoisotopic (exact) mass is 264 g/mol. The number of benzene rings is 1. The second kappa shape index (κ2) is 5.69. The first-order chi connectivity index (χ1) is 9.09. The van der Waals surface area contributed by atoms with Crippen molar-refractivity contribution in [3.05, 3.63) is 33.9 Å². The van der Waals surface area contributed by atoms with Crippen molar-refractivity contribution < 1.29 is 14.8 Å². The quantitative estimate of drug-likeness (QED) is 0.670. The van der Waals surface area contributed by atoms with Gasteiger partial charge in [0, 0.05) is 24.8 Å². The molecular formula is C13H16N2O4. The summed E-state index contributed by atoms with van der Waals surface area (Å²) in [6, 6.07) is 4.34. The lowest BCUT2D eigenvalue weighted by atomic mass is 10.1. The van der Waals surface area contributed by atoms with Crippen LogP contribution in [0.2, 0.25) is 0 Å². The Kier molecular flexibility index (Phi) is 3.99. The zero-order valence-electron chi connectivity index (χ0n) is 10.5. The van der Waals surface area contributed by atoms with Crippen LogP contribution in [0.5, 0.6) is 0 Å². The van der Waals surface area contributed by atoms with Gasteiger partial charge >= 0.3 is 5.97 Å². The van der Waals surface area contributed by atoms with Gasteiger partial charge in [-0.05, 0) is 25.0 Å². The van der Waals surface area contributed by atoms with E-state index in [1.165, 1.54) is 25.0 Å². The number of nitrogens with zero attached hydrogens (tertiary/aromatic N) is 2. The summed E-state index contributed by atoms with van der Waals surface area (Å²) in [5.41, 5.74) is 0.136. The molecule has 1 saturated heterocycles. The normalized spacial score (nSPS) is 15.9. The maximum Gasteiger partial charge on any atom is 0.342 e. The highest BCUT2D eigenvalue weighted by Gasteiger charge is 2.22. The number of carboxylic acids is 1. The van der Waals surface area contributed by atoms with Gasteiger partial charge in [-0.2, -0.15) is 0 Å². The predicted molar refractivity (Wildman–Crippen MR) is 70.7 cm³/mol. The van der Waals surface area contributed by atoms with Crippen molar-refractivity contribution in [2.75, 3.05) is 18.0 Å². The Balaban J connectivity index is 2.34. The van der Waals surface area contributed by atoms with Crippen molar-refractivity contribution in [1.29, 1.82) is 0 Å². The molecule has 6 nitrogen and oxygen atoms in total. The molecule has 0 unspecified atom stereocenters. The first kappa shape index (κ1) is 13.3. The molecule has 1 aliphatic heterocycles. The second-order valence-electron chi connectivity index (χ2n) is 4.66. The zero-order valence-corrected chi connectivity index (χ0v) is 10.5. The molecule has 0 amide bonds. The van der Waals surface area contributed by atoms with E-state index in [1.54, 1.807) is 6.07 Å². The Hall–Kier alpha value is -2.11. The standard InChI is InChI=1S/C13H16N2O4/c16-13(17)11-6-5-10(9-12(11)15(18)19)14-7-3-1-2-4-8-14/h5-6,9H,1-4,7-8H2,(H,16,17). The van der Waals surface area contributed by atoms with Crippen molar-refractivity contribution in [2.24, 2.45) is 0 Å². The summed E-state index contributed by atoms with van der Waals surface area (Å²) in [6.45, 7) is 1.73. The molecule has 0 aromatic heterocycles. The second-order valence-corrected chi connectivity index (χ2v) is 4.66. The van der Waals surface area contributed by atoms with Gasteiger partial charge in [0.2, 0.25) is 0 Å². The van der Waals surface area contributed by atoms with Crippen LogP contribution in [0.15, 0.2) is 18.2 Å². The van der Waals surface area contributed by atoms with Gasteiger partial charge in [-0.1, -0.05) is 12.8 Å². The molecule has 0 atom stereocenters. The van der Waals surface area contributed by atoms with E-state index in [2.05, 4.69) is 4.90 Å². The Bertz CT molecular complexity index is 493. The summed E-state index contributed by atoms with van der Waals surface area (Å²) in [5.74, 6) is -1.27. The summed E-state index contributed by atoms with van der Waals surface area (Å²) in [4.78, 5) is 23.4. The molecule has 19 heavy (non-hydrogen) atoms. The van der Waals surface area contributed by atoms with E-state index in [-0.39, 0.29) is 11.3 Å². The van der Waals surface area contributed by atoms with Crippen LogP contribution in [0.4, 0.5) is 11.4 Å². The van der Waals surface area contributed by atoms with E-state index in [0.717, 1.165) is 31.6 Å². The molecule has 1 heterocycles. The molecule has 0 radical (unpaired) electrons. The van der Waals surface area contributed by atoms with Crippen LogP contribution >= 0.6 is 0 Å². The minimum absolute atomic E-state index is 0.261. The average molecular weight is 264 g/mol. The lowest BCUT2D eigenvalue weighted by Gasteiger charge is -2.22. The first-order valence-electron chi connectivity index (χ1n) is 6.36. The van der Waals surface area contributed by atoms with Crippen LogP contribution in [0.25, 0.3) is 0 Å². The number of hydrogen-bond acceptors (Lipinski definition) is 4. The molecule has 1 aromatic rings. The topological polar surface area (TPSA) is 83.7 Å². The molecule has 2 rings (SSSR count). The van der Waals surface area contributed by atoms with E-state index in [1.807, 2.05) is 0 Å². The molecule has 1 aliphatic rings. The van der Waals surface area contributed by atoms with Gasteiger partial charge in [0.1, 0.15) is 5.56 Å². The van der Waals surface area contributed by atoms with Gasteiger partial charge in [0.25, 0.3) is 5.69 Å². The van der Waals surface area contributed by atoms with Crippen LogP contribution in [0.3, 0.4) is 0 Å². The Morgan fingerprint density at radius 3 is 2.37 bits per heavy atom. The maximum atomic E-state index is 11.0. The van der Waals surface area contributed by atoms with Crippen LogP contribution in [0.1, 0.15) is 36.0 Å². The Morgan fingerprint density at radius 1 is 1.21 bits per heavy atom. The molecule has 1 aromatic carbocycles. The summed E-state index contributed by atoms with van der Waals surface area (Å²) in [5, 5.41) is 19.9. The molecule has 1 N–H and O–H groups in total. The molecule has 0 bridgehead atoms. The summed E-state index contributed by atoms with van der Waals surface area (Å²) >= 11 is 0. The molecule has 6 heteroatoms. The molecule has 1 fully saturated rings. The van der Waals surface area contributed by atoms with Gasteiger partial charge in [-0.25, -0.2) is 4.79 Å². The third kappa shape index (κ3) is 3.01. The highest BCUT2D eigenvalue weighted by atomic mass is 16.6. The lowest BCUT2D eigenvalue weighted by molar-refractivity contribution is -0.385. The lowest BCUT2D eigenvalue weighted by Crippen LogP contribution is -2.24. The zero-order chi connectivity index (χ0) is 13.8. The summed E-state index contributed by atoms with van der Waals surface area (Å²) in [6.07, 6.45) is 4.47. The van der Waals surface area contributed by atoms with E-state index in [4.69, 9.17) is 5.11 Å². The summed E-state index contributed by atoms with van der Waals surface area (Å²) < 4.78 is 0. The van der Waals surface area contributed by atoms with Crippen LogP contribution in [-0.2, 0) is 0 Å². The number of nitro benzene ring substituents is 1. The fraction of sp³-hybridized carbons (Fsp3) is 0.462. The smallest absolute Gasteiger partial charge is 0.342 e. The predicted octanol–water partition coefficient (Wildman–Crippen LogP) is 2.67. The van der Waals surface area contributed by atoms with Gasteiger partial charge in [0.05, 0.1) is 4.92 Å². The van der Waals surface area contributed by atoms with E-state index in [0.29, 0.717) is 0 Å². The highest BCUT2D eigenvalue weighted by molar-refractivity contribution is 5.93. The number of carbonyl (C=O) groups is 1. The number of rotatable bonds is 3. The Labute approximate surface area is 110 Å². The molecule has 102 valence electrons. The minimum atomic E-state index is -1.27. The van der Waals surface area contributed by atoms with E-state index in [9.17, 15) is 14.9 Å². The molecular weight excluding hydrogens is 248 g/mol. The van der Waals surface area contributed by atoms with Crippen molar-refractivity contribution in [3.63, 3.8) is 0 Å². The van der Waals surface area contributed by atoms with E-state index >= 15 is 0 Å². The van der Waals surface area contributed by atoms with Crippen molar-refractivity contribution in [3.8, 4) is 0 Å². The molecule has 0 saturated carbocycles. The SMILES string of the molecule is O=C(O)c1ccc(N2CCCCCC2)cc1[N+](=O)[O-].